The molecule has 3 aromatic rings. The van der Waals surface area contributed by atoms with Crippen molar-refractivity contribution >= 4 is 25.6 Å². The Bertz CT molecular complexity index is 1180. The zero-order chi connectivity index (χ0) is 24.5. The number of nitrogens with two attached hydrogens (primary N) is 1. The quantitative estimate of drug-likeness (QED) is 0.357. The second-order valence-corrected chi connectivity index (χ2v) is 9.30. The normalized spacial score (nSPS) is 25.0. The Hall–Kier alpha value is -3.11. The molecule has 0 aliphatic carbocycles. The summed E-state index contributed by atoms with van der Waals surface area (Å²) < 4.78 is 36.2. The molecule has 0 amide bonds. The van der Waals surface area contributed by atoms with E-state index in [4.69, 9.17) is 24.3 Å². The molecule has 3 heterocycles. The molecule has 1 aromatic carbocycles. The first kappa shape index (κ1) is 24.0. The molecule has 34 heavy (non-hydrogen) atoms. The van der Waals surface area contributed by atoms with Crippen molar-refractivity contribution in [1.82, 2.24) is 14.6 Å². The van der Waals surface area contributed by atoms with Crippen molar-refractivity contribution in [2.24, 2.45) is 5.92 Å². The zero-order valence-corrected chi connectivity index (χ0v) is 19.8. The molecular weight excluding hydrogens is 463 g/mol. The smallest absolute Gasteiger partial charge is 0.456 e. The lowest BCUT2D eigenvalue weighted by atomic mass is 9.91. The topological polar surface area (TPSA) is 148 Å². The predicted octanol–water partition coefficient (Wildman–Crippen LogP) is 2.82. The zero-order valence-electron chi connectivity index (χ0n) is 18.9. The van der Waals surface area contributed by atoms with Crippen molar-refractivity contribution in [3.63, 3.8) is 0 Å². The van der Waals surface area contributed by atoms with Gasteiger partial charge in [0.25, 0.3) is 0 Å². The van der Waals surface area contributed by atoms with Crippen LogP contribution in [-0.4, -0.2) is 50.1 Å². The molecule has 4 rings (SSSR count). The number of carbonyl (C=O) groups is 1. The first-order valence-corrected chi connectivity index (χ1v) is 11.8. The third-order valence-corrected chi connectivity index (χ3v) is 6.24. The van der Waals surface area contributed by atoms with Crippen LogP contribution in [0.5, 0.6) is 5.75 Å². The molecule has 1 aliphatic rings. The third kappa shape index (κ3) is 4.74. The highest BCUT2D eigenvalue weighted by Gasteiger charge is 2.57. The summed E-state index contributed by atoms with van der Waals surface area (Å²) in [6, 6.07) is 12.0. The SMILES string of the molecule is CC(C)C(=O)O[C@@H]1[C@@H](CO[P+](=O)Oc2ccccc2)O[C@@H](c2ccc3c(N)ncnn23)[C@]1(C)O. The van der Waals surface area contributed by atoms with Crippen LogP contribution in [0.3, 0.4) is 0 Å². The van der Waals surface area contributed by atoms with Crippen LogP contribution in [0.25, 0.3) is 5.52 Å². The fraction of sp³-hybridized carbons (Fsp3) is 0.409. The standard InChI is InChI=1S/C22H26N4O7P/c1-13(2)21(27)32-19-17(11-30-34(29)33-14-7-5-4-6-8-14)31-18(22(19,3)28)15-9-10-16-20(23)24-12-25-26(15)16/h4-10,12-13,17-19,28H,11H2,1-3H3,(H2,23,24,25)/q+1/t17-,18+,19-,22+/m1/s1. The number of nitrogen functional groups attached to an aromatic ring is 1. The summed E-state index contributed by atoms with van der Waals surface area (Å²) in [7, 11) is -2.54. The van der Waals surface area contributed by atoms with Crippen LogP contribution in [0.15, 0.2) is 48.8 Å². The average Bonchev–Trinajstić information content (AvgIpc) is 3.32. The van der Waals surface area contributed by atoms with Gasteiger partial charge in [0.05, 0.1) is 11.6 Å². The van der Waals surface area contributed by atoms with E-state index >= 15 is 0 Å². The van der Waals surface area contributed by atoms with Crippen molar-refractivity contribution in [3.05, 3.63) is 54.5 Å². The van der Waals surface area contributed by atoms with Gasteiger partial charge in [-0.1, -0.05) is 32.0 Å². The van der Waals surface area contributed by atoms with Crippen LogP contribution in [0.4, 0.5) is 5.82 Å². The summed E-state index contributed by atoms with van der Waals surface area (Å²) in [5.41, 5.74) is 5.27. The van der Waals surface area contributed by atoms with Crippen LogP contribution in [0.2, 0.25) is 0 Å². The molecule has 1 aliphatic heterocycles. The Morgan fingerprint density at radius 1 is 1.29 bits per heavy atom. The highest BCUT2D eigenvalue weighted by Crippen LogP contribution is 2.44. The maximum Gasteiger partial charge on any atom is 0.750 e. The minimum absolute atomic E-state index is 0.259. The van der Waals surface area contributed by atoms with Gasteiger partial charge in [-0.05, 0) is 31.2 Å². The van der Waals surface area contributed by atoms with E-state index in [0.29, 0.717) is 17.0 Å². The Morgan fingerprint density at radius 2 is 2.03 bits per heavy atom. The Labute approximate surface area is 196 Å². The molecule has 1 saturated heterocycles. The number of hydrogen-bond donors (Lipinski definition) is 2. The summed E-state index contributed by atoms with van der Waals surface area (Å²) in [6.45, 7) is 4.60. The molecule has 3 N–H and O–H groups in total. The maximum atomic E-state index is 12.4. The van der Waals surface area contributed by atoms with Crippen LogP contribution in [0.1, 0.15) is 32.6 Å². The summed E-state index contributed by atoms with van der Waals surface area (Å²) in [4.78, 5) is 16.4. The Kier molecular flexibility index (Phi) is 6.81. The highest BCUT2D eigenvalue weighted by molar-refractivity contribution is 7.33. The number of nitrogens with zero attached hydrogens (tertiary/aromatic N) is 3. The molecule has 0 radical (unpaired) electrons. The number of aromatic nitrogens is 3. The molecular formula is C22H26N4O7P+. The van der Waals surface area contributed by atoms with Crippen molar-refractivity contribution in [1.29, 1.82) is 0 Å². The van der Waals surface area contributed by atoms with E-state index in [0.717, 1.165) is 0 Å². The number of carbonyl (C=O) groups excluding carboxylic acids is 1. The average molecular weight is 489 g/mol. The number of fused-ring (bicyclic) bond motifs is 1. The molecule has 180 valence electrons. The maximum absolute atomic E-state index is 12.4. The molecule has 1 fully saturated rings. The van der Waals surface area contributed by atoms with Crippen LogP contribution >= 0.6 is 8.25 Å². The van der Waals surface area contributed by atoms with Gasteiger partial charge in [-0.15, -0.1) is 4.52 Å². The van der Waals surface area contributed by atoms with Crippen molar-refractivity contribution in [2.75, 3.05) is 12.3 Å². The monoisotopic (exact) mass is 489 g/mol. The van der Waals surface area contributed by atoms with Crippen LogP contribution in [0, 0.1) is 5.92 Å². The molecule has 11 nitrogen and oxygen atoms in total. The van der Waals surface area contributed by atoms with E-state index in [1.807, 2.05) is 0 Å². The van der Waals surface area contributed by atoms with E-state index in [9.17, 15) is 14.5 Å². The number of benzene rings is 1. The van der Waals surface area contributed by atoms with Gasteiger partial charge in [-0.3, -0.25) is 4.79 Å². The molecule has 5 atom stereocenters. The lowest BCUT2D eigenvalue weighted by Crippen LogP contribution is -2.47. The molecule has 1 unspecified atom stereocenters. The largest absolute Gasteiger partial charge is 0.750 e. The molecule has 12 heteroatoms. The van der Waals surface area contributed by atoms with E-state index in [-0.39, 0.29) is 12.4 Å². The predicted molar refractivity (Wildman–Crippen MR) is 121 cm³/mol. The van der Waals surface area contributed by atoms with E-state index < -0.39 is 44.1 Å². The molecule has 0 saturated carbocycles. The van der Waals surface area contributed by atoms with Gasteiger partial charge in [0.2, 0.25) is 0 Å². The molecule has 0 spiro atoms. The van der Waals surface area contributed by atoms with Gasteiger partial charge in [0, 0.05) is 4.57 Å². The minimum atomic E-state index is -2.54. The third-order valence-electron chi connectivity index (χ3n) is 5.52. The number of anilines is 1. The number of para-hydroxylation sites is 1. The summed E-state index contributed by atoms with van der Waals surface area (Å²) in [6.07, 6.45) is -1.73. The second-order valence-electron chi connectivity index (χ2n) is 8.42. The fourth-order valence-corrected chi connectivity index (χ4v) is 4.38. The lowest BCUT2D eigenvalue weighted by Gasteiger charge is -2.29. The van der Waals surface area contributed by atoms with Gasteiger partial charge in [0.15, 0.2) is 17.7 Å². The first-order valence-electron chi connectivity index (χ1n) is 10.7. The molecule has 2 aromatic heterocycles. The van der Waals surface area contributed by atoms with Gasteiger partial charge >= 0.3 is 14.2 Å². The van der Waals surface area contributed by atoms with Gasteiger partial charge in [-0.2, -0.15) is 5.10 Å². The number of rotatable bonds is 8. The fourth-order valence-electron chi connectivity index (χ4n) is 3.76. The van der Waals surface area contributed by atoms with Gasteiger partial charge in [-0.25, -0.2) is 14.0 Å². The van der Waals surface area contributed by atoms with Gasteiger partial charge in [0.1, 0.15) is 36.3 Å². The van der Waals surface area contributed by atoms with Crippen molar-refractivity contribution in [2.45, 2.75) is 44.7 Å². The number of aliphatic hydroxyl groups is 1. The number of hydrogen-bond acceptors (Lipinski definition) is 10. The van der Waals surface area contributed by atoms with Crippen LogP contribution in [-0.2, 0) is 23.4 Å². The minimum Gasteiger partial charge on any atom is -0.456 e. The Balaban J connectivity index is 1.58. The van der Waals surface area contributed by atoms with Crippen molar-refractivity contribution < 1.29 is 33.0 Å². The van der Waals surface area contributed by atoms with E-state index in [1.165, 1.54) is 17.8 Å². The van der Waals surface area contributed by atoms with Crippen LogP contribution < -0.4 is 10.3 Å². The summed E-state index contributed by atoms with van der Waals surface area (Å²) in [5.74, 6) is -0.315. The first-order chi connectivity index (χ1) is 16.2. The number of esters is 1. The van der Waals surface area contributed by atoms with Gasteiger partial charge < -0.3 is 20.3 Å². The Morgan fingerprint density at radius 3 is 2.74 bits per heavy atom. The summed E-state index contributed by atoms with van der Waals surface area (Å²) in [5, 5.41) is 15.7. The van der Waals surface area contributed by atoms with Crippen molar-refractivity contribution in [3.8, 4) is 5.75 Å². The lowest BCUT2D eigenvalue weighted by molar-refractivity contribution is -0.166. The molecule has 0 bridgehead atoms. The second kappa shape index (κ2) is 9.63. The number of ether oxygens (including phenoxy) is 2. The highest BCUT2D eigenvalue weighted by atomic mass is 31.1. The summed E-state index contributed by atoms with van der Waals surface area (Å²) >= 11 is 0. The van der Waals surface area contributed by atoms with E-state index in [1.54, 1.807) is 56.3 Å². The van der Waals surface area contributed by atoms with E-state index in [2.05, 4.69) is 10.1 Å².